The van der Waals surface area contributed by atoms with Crippen molar-refractivity contribution in [3.8, 4) is 23.0 Å². The van der Waals surface area contributed by atoms with Gasteiger partial charge in [-0.3, -0.25) is 9.36 Å². The molecule has 1 amide bonds. The van der Waals surface area contributed by atoms with E-state index in [1.807, 2.05) is 0 Å². The van der Waals surface area contributed by atoms with Gasteiger partial charge in [-0.1, -0.05) is 23.7 Å². The van der Waals surface area contributed by atoms with Gasteiger partial charge in [0.25, 0.3) is 5.91 Å². The van der Waals surface area contributed by atoms with Crippen LogP contribution in [0.2, 0.25) is 5.15 Å². The van der Waals surface area contributed by atoms with E-state index >= 15 is 0 Å². The van der Waals surface area contributed by atoms with E-state index in [0.29, 0.717) is 36.6 Å². The van der Waals surface area contributed by atoms with Crippen molar-refractivity contribution in [2.24, 2.45) is 5.73 Å². The van der Waals surface area contributed by atoms with Crippen LogP contribution in [-0.4, -0.2) is 51.6 Å². The Hall–Kier alpha value is -3.48. The standard InChI is InChI=1S/C21H18ClFN6O2/c1-25-16-5-3-12(9-15(16)23)20-27-18(21(30)28-8-7-13(24)11-28)19(22)29(20)14-4-6-17(31-2)26-10-14/h3-6,9-10,13H,7-8,11,24H2,2H3/t13-/m0/s1. The summed E-state index contributed by atoms with van der Waals surface area (Å²) in [5.41, 5.74) is 6.73. The largest absolute Gasteiger partial charge is 0.481 e. The molecular weight excluding hydrogens is 423 g/mol. The van der Waals surface area contributed by atoms with Gasteiger partial charge in [-0.2, -0.15) is 0 Å². The summed E-state index contributed by atoms with van der Waals surface area (Å²) in [4.78, 5) is 26.5. The second-order valence-corrected chi connectivity index (χ2v) is 7.40. The van der Waals surface area contributed by atoms with Gasteiger partial charge >= 0.3 is 0 Å². The quantitative estimate of drug-likeness (QED) is 0.627. The third kappa shape index (κ3) is 3.83. The summed E-state index contributed by atoms with van der Waals surface area (Å²) < 4.78 is 20.9. The molecule has 31 heavy (non-hydrogen) atoms. The van der Waals surface area contributed by atoms with Crippen LogP contribution in [0.1, 0.15) is 16.9 Å². The van der Waals surface area contributed by atoms with Gasteiger partial charge < -0.3 is 15.4 Å². The summed E-state index contributed by atoms with van der Waals surface area (Å²) in [7, 11) is 1.50. The molecule has 4 rings (SSSR count). The molecule has 0 radical (unpaired) electrons. The lowest BCUT2D eigenvalue weighted by Crippen LogP contribution is -2.32. The number of rotatable bonds is 4. The number of methoxy groups -OCH3 is 1. The van der Waals surface area contributed by atoms with E-state index in [1.165, 1.54) is 30.0 Å². The number of imidazole rings is 1. The Bertz CT molecular complexity index is 1190. The molecule has 1 aliphatic heterocycles. The number of carbonyl (C=O) groups excluding carboxylic acids is 1. The van der Waals surface area contributed by atoms with E-state index in [9.17, 15) is 9.18 Å². The zero-order valence-electron chi connectivity index (χ0n) is 16.5. The van der Waals surface area contributed by atoms with E-state index in [0.717, 1.165) is 0 Å². The van der Waals surface area contributed by atoms with Crippen molar-refractivity contribution in [1.29, 1.82) is 0 Å². The van der Waals surface area contributed by atoms with Crippen LogP contribution in [0, 0.1) is 12.4 Å². The molecule has 2 N–H and O–H groups in total. The topological polar surface area (TPSA) is 90.6 Å². The average molecular weight is 441 g/mol. The Balaban J connectivity index is 1.86. The summed E-state index contributed by atoms with van der Waals surface area (Å²) in [5, 5.41) is 0.0714. The van der Waals surface area contributed by atoms with Crippen LogP contribution in [-0.2, 0) is 0 Å². The van der Waals surface area contributed by atoms with Crippen LogP contribution in [0.4, 0.5) is 10.1 Å². The highest BCUT2D eigenvalue weighted by molar-refractivity contribution is 6.33. The summed E-state index contributed by atoms with van der Waals surface area (Å²) in [6, 6.07) is 7.36. The third-order valence-corrected chi connectivity index (χ3v) is 5.40. The summed E-state index contributed by atoms with van der Waals surface area (Å²) in [6.07, 6.45) is 2.21. The van der Waals surface area contributed by atoms with Crippen molar-refractivity contribution in [2.45, 2.75) is 12.5 Å². The zero-order chi connectivity index (χ0) is 22.1. The van der Waals surface area contributed by atoms with Crippen LogP contribution in [0.15, 0.2) is 36.5 Å². The zero-order valence-corrected chi connectivity index (χ0v) is 17.3. The predicted octanol–water partition coefficient (Wildman–Crippen LogP) is 3.46. The number of pyridine rings is 1. The van der Waals surface area contributed by atoms with Gasteiger partial charge in [-0.15, -0.1) is 0 Å². The van der Waals surface area contributed by atoms with E-state index in [4.69, 9.17) is 28.6 Å². The molecule has 1 saturated heterocycles. The smallest absolute Gasteiger partial charge is 0.275 e. The second kappa shape index (κ2) is 8.34. The van der Waals surface area contributed by atoms with Gasteiger partial charge in [-0.05, 0) is 18.6 Å². The minimum atomic E-state index is -0.690. The molecule has 0 unspecified atom stereocenters. The minimum absolute atomic E-state index is 0.0382. The Labute approximate surface area is 182 Å². The van der Waals surface area contributed by atoms with Crippen LogP contribution in [0.25, 0.3) is 21.9 Å². The fourth-order valence-electron chi connectivity index (χ4n) is 3.45. The average Bonchev–Trinajstić information content (AvgIpc) is 3.36. The molecular formula is C21H18ClFN6O2. The van der Waals surface area contributed by atoms with Crippen LogP contribution in [0.3, 0.4) is 0 Å². The van der Waals surface area contributed by atoms with E-state index in [2.05, 4.69) is 14.8 Å². The number of aromatic nitrogens is 3. The number of nitrogens with two attached hydrogens (primary N) is 1. The molecule has 1 aromatic carbocycles. The molecule has 2 aromatic heterocycles. The predicted molar refractivity (Wildman–Crippen MR) is 113 cm³/mol. The summed E-state index contributed by atoms with van der Waals surface area (Å²) in [6.45, 7) is 7.97. The highest BCUT2D eigenvalue weighted by Crippen LogP contribution is 2.33. The maximum Gasteiger partial charge on any atom is 0.275 e. The van der Waals surface area contributed by atoms with E-state index in [-0.39, 0.29) is 34.3 Å². The molecule has 10 heteroatoms. The molecule has 8 nitrogen and oxygen atoms in total. The lowest BCUT2D eigenvalue weighted by molar-refractivity contribution is 0.0786. The maximum absolute atomic E-state index is 14.3. The lowest BCUT2D eigenvalue weighted by Gasteiger charge is -2.14. The summed E-state index contributed by atoms with van der Waals surface area (Å²) in [5.74, 6) is -0.391. The van der Waals surface area contributed by atoms with Gasteiger partial charge in [0.1, 0.15) is 16.8 Å². The maximum atomic E-state index is 14.3. The number of ether oxygens (including phenoxy) is 1. The Morgan fingerprint density at radius 1 is 1.39 bits per heavy atom. The number of benzene rings is 1. The van der Waals surface area contributed by atoms with Gasteiger partial charge in [0.15, 0.2) is 5.69 Å². The Kier molecular flexibility index (Phi) is 5.59. The molecule has 1 aliphatic rings. The molecule has 0 spiro atoms. The molecule has 3 heterocycles. The van der Waals surface area contributed by atoms with Crippen molar-refractivity contribution in [3.63, 3.8) is 0 Å². The fourth-order valence-corrected chi connectivity index (χ4v) is 3.75. The van der Waals surface area contributed by atoms with E-state index in [1.54, 1.807) is 23.1 Å². The number of carbonyl (C=O) groups is 1. The first-order valence-corrected chi connectivity index (χ1v) is 9.81. The molecule has 1 fully saturated rings. The van der Waals surface area contributed by atoms with Crippen molar-refractivity contribution < 1.29 is 13.9 Å². The normalized spacial score (nSPS) is 15.7. The monoisotopic (exact) mass is 440 g/mol. The number of hydrogen-bond acceptors (Lipinski definition) is 5. The van der Waals surface area contributed by atoms with Gasteiger partial charge in [0.05, 0.1) is 25.6 Å². The molecule has 3 aromatic rings. The molecule has 0 bridgehead atoms. The number of amides is 1. The van der Waals surface area contributed by atoms with Crippen molar-refractivity contribution in [1.82, 2.24) is 19.4 Å². The highest BCUT2D eigenvalue weighted by atomic mass is 35.5. The first-order chi connectivity index (χ1) is 14.9. The number of halogens is 2. The molecule has 0 saturated carbocycles. The third-order valence-electron chi connectivity index (χ3n) is 5.05. The van der Waals surface area contributed by atoms with Gasteiger partial charge in [0, 0.05) is 30.8 Å². The highest BCUT2D eigenvalue weighted by Gasteiger charge is 2.30. The lowest BCUT2D eigenvalue weighted by atomic mass is 10.2. The first-order valence-electron chi connectivity index (χ1n) is 9.43. The molecule has 1 atom stereocenters. The first kappa shape index (κ1) is 20.8. The van der Waals surface area contributed by atoms with Crippen LogP contribution >= 0.6 is 11.6 Å². The SMILES string of the molecule is [C-]#[N+]c1ccc(-c2nc(C(=O)N3CC[C@H](N)C3)c(Cl)n2-c2ccc(OC)nc2)cc1F. The molecule has 158 valence electrons. The fraction of sp³-hybridized carbons (Fsp3) is 0.238. The second-order valence-electron chi connectivity index (χ2n) is 7.05. The Morgan fingerprint density at radius 2 is 2.19 bits per heavy atom. The van der Waals surface area contributed by atoms with Crippen molar-refractivity contribution in [2.75, 3.05) is 20.2 Å². The summed E-state index contributed by atoms with van der Waals surface area (Å²) >= 11 is 6.62. The Morgan fingerprint density at radius 3 is 2.77 bits per heavy atom. The van der Waals surface area contributed by atoms with Crippen LogP contribution < -0.4 is 10.5 Å². The number of likely N-dealkylation sites (tertiary alicyclic amines) is 1. The molecule has 0 aliphatic carbocycles. The minimum Gasteiger partial charge on any atom is -0.481 e. The van der Waals surface area contributed by atoms with E-state index < -0.39 is 5.82 Å². The number of hydrogen-bond donors (Lipinski definition) is 1. The number of nitrogens with zero attached hydrogens (tertiary/aromatic N) is 5. The van der Waals surface area contributed by atoms with Crippen molar-refractivity contribution >= 4 is 23.2 Å². The van der Waals surface area contributed by atoms with Crippen molar-refractivity contribution in [3.05, 3.63) is 64.6 Å². The van der Waals surface area contributed by atoms with Crippen LogP contribution in [0.5, 0.6) is 5.88 Å². The van der Waals surface area contributed by atoms with Gasteiger partial charge in [-0.25, -0.2) is 19.2 Å². The van der Waals surface area contributed by atoms with Gasteiger partial charge in [0.2, 0.25) is 11.6 Å².